The van der Waals surface area contributed by atoms with Gasteiger partial charge < -0.3 is 5.32 Å². The van der Waals surface area contributed by atoms with Crippen molar-refractivity contribution in [3.8, 4) is 11.3 Å². The lowest BCUT2D eigenvalue weighted by Crippen LogP contribution is -2.23. The molecule has 1 aromatic carbocycles. The summed E-state index contributed by atoms with van der Waals surface area (Å²) in [6.45, 7) is 7.23. The molecule has 148 valence electrons. The van der Waals surface area contributed by atoms with Gasteiger partial charge in [-0.2, -0.15) is 10.2 Å². The summed E-state index contributed by atoms with van der Waals surface area (Å²) >= 11 is 0. The fourth-order valence-corrected chi connectivity index (χ4v) is 3.58. The number of amides is 1. The third-order valence-electron chi connectivity index (χ3n) is 5.19. The van der Waals surface area contributed by atoms with Crippen LogP contribution in [-0.2, 0) is 20.1 Å². The van der Waals surface area contributed by atoms with Gasteiger partial charge in [0.2, 0.25) is 0 Å². The Kier molecular flexibility index (Phi) is 4.88. The SMILES string of the molecule is CCn1cc(CNC(=O)c2cc(-c3c(C)nn(C)c3C)nc3ccccc23)cn1. The van der Waals surface area contributed by atoms with Gasteiger partial charge in [-0.05, 0) is 32.9 Å². The van der Waals surface area contributed by atoms with Crippen LogP contribution in [0.25, 0.3) is 22.2 Å². The molecule has 7 heteroatoms. The van der Waals surface area contributed by atoms with E-state index in [0.29, 0.717) is 12.1 Å². The first-order chi connectivity index (χ1) is 14.0. The van der Waals surface area contributed by atoms with Crippen molar-refractivity contribution in [1.29, 1.82) is 0 Å². The van der Waals surface area contributed by atoms with E-state index in [1.807, 2.05) is 73.7 Å². The van der Waals surface area contributed by atoms with E-state index in [2.05, 4.69) is 15.5 Å². The molecule has 0 radical (unpaired) electrons. The first-order valence-electron chi connectivity index (χ1n) is 9.67. The summed E-state index contributed by atoms with van der Waals surface area (Å²) in [6, 6.07) is 9.58. The molecule has 1 N–H and O–H groups in total. The summed E-state index contributed by atoms with van der Waals surface area (Å²) in [5.74, 6) is -0.131. The van der Waals surface area contributed by atoms with Gasteiger partial charge in [0.15, 0.2) is 0 Å². The number of hydrogen-bond donors (Lipinski definition) is 1. The van der Waals surface area contributed by atoms with Gasteiger partial charge in [-0.25, -0.2) is 4.98 Å². The van der Waals surface area contributed by atoms with Gasteiger partial charge >= 0.3 is 0 Å². The lowest BCUT2D eigenvalue weighted by atomic mass is 10.0. The third-order valence-corrected chi connectivity index (χ3v) is 5.19. The summed E-state index contributed by atoms with van der Waals surface area (Å²) in [7, 11) is 1.91. The normalized spacial score (nSPS) is 11.2. The Labute approximate surface area is 169 Å². The molecule has 0 saturated carbocycles. The fraction of sp³-hybridized carbons (Fsp3) is 0.273. The summed E-state index contributed by atoms with van der Waals surface area (Å²) < 4.78 is 3.68. The smallest absolute Gasteiger partial charge is 0.252 e. The summed E-state index contributed by atoms with van der Waals surface area (Å²) in [6.07, 6.45) is 3.72. The minimum absolute atomic E-state index is 0.131. The van der Waals surface area contributed by atoms with Crippen molar-refractivity contribution >= 4 is 16.8 Å². The van der Waals surface area contributed by atoms with Crippen LogP contribution in [0, 0.1) is 13.8 Å². The maximum absolute atomic E-state index is 13.1. The molecule has 0 saturated heterocycles. The van der Waals surface area contributed by atoms with Gasteiger partial charge in [0.25, 0.3) is 5.91 Å². The highest BCUT2D eigenvalue weighted by molar-refractivity contribution is 6.07. The van der Waals surface area contributed by atoms with Gasteiger partial charge in [0.05, 0.1) is 28.7 Å². The first-order valence-corrected chi connectivity index (χ1v) is 9.67. The topological polar surface area (TPSA) is 77.6 Å². The van der Waals surface area contributed by atoms with Gasteiger partial charge in [-0.1, -0.05) is 18.2 Å². The molecule has 0 aliphatic rings. The predicted molar refractivity (Wildman–Crippen MR) is 112 cm³/mol. The lowest BCUT2D eigenvalue weighted by Gasteiger charge is -2.10. The first kappa shape index (κ1) is 18.9. The number of carbonyl (C=O) groups is 1. The van der Waals surface area contributed by atoms with E-state index in [1.54, 1.807) is 6.20 Å². The molecule has 7 nitrogen and oxygen atoms in total. The molecule has 3 aromatic heterocycles. The van der Waals surface area contributed by atoms with Gasteiger partial charge in [0, 0.05) is 48.5 Å². The van der Waals surface area contributed by atoms with E-state index in [9.17, 15) is 4.79 Å². The molecule has 0 spiro atoms. The zero-order chi connectivity index (χ0) is 20.5. The number of benzene rings is 1. The Morgan fingerprint density at radius 2 is 2.00 bits per heavy atom. The highest BCUT2D eigenvalue weighted by Crippen LogP contribution is 2.29. The van der Waals surface area contributed by atoms with E-state index >= 15 is 0 Å². The predicted octanol–water partition coefficient (Wildman–Crippen LogP) is 3.40. The molecule has 0 fully saturated rings. The molecule has 0 unspecified atom stereocenters. The van der Waals surface area contributed by atoms with Gasteiger partial charge in [0.1, 0.15) is 0 Å². The van der Waals surface area contributed by atoms with Crippen LogP contribution in [0.15, 0.2) is 42.7 Å². The minimum Gasteiger partial charge on any atom is -0.348 e. The van der Waals surface area contributed by atoms with E-state index in [1.165, 1.54) is 0 Å². The number of nitrogens with one attached hydrogen (secondary N) is 1. The van der Waals surface area contributed by atoms with Crippen molar-refractivity contribution in [3.63, 3.8) is 0 Å². The molecular weight excluding hydrogens is 364 g/mol. The van der Waals surface area contributed by atoms with Crippen molar-refractivity contribution in [2.75, 3.05) is 0 Å². The van der Waals surface area contributed by atoms with E-state index in [0.717, 1.165) is 45.7 Å². The van der Waals surface area contributed by atoms with E-state index in [4.69, 9.17) is 4.98 Å². The second-order valence-corrected chi connectivity index (χ2v) is 7.13. The number of fused-ring (bicyclic) bond motifs is 1. The molecule has 0 atom stereocenters. The van der Waals surface area contributed by atoms with Crippen LogP contribution < -0.4 is 5.32 Å². The fourth-order valence-electron chi connectivity index (χ4n) is 3.58. The van der Waals surface area contributed by atoms with Crippen LogP contribution in [0.4, 0.5) is 0 Å². The Morgan fingerprint density at radius 3 is 2.69 bits per heavy atom. The third kappa shape index (κ3) is 3.51. The Bertz CT molecular complexity index is 1200. The van der Waals surface area contributed by atoms with Crippen LogP contribution in [0.5, 0.6) is 0 Å². The average Bonchev–Trinajstić information content (AvgIpc) is 3.29. The monoisotopic (exact) mass is 388 g/mol. The molecule has 3 heterocycles. The molecule has 0 bridgehead atoms. The maximum atomic E-state index is 13.1. The van der Waals surface area contributed by atoms with Crippen molar-refractivity contribution in [2.24, 2.45) is 7.05 Å². The highest BCUT2D eigenvalue weighted by Gasteiger charge is 2.18. The van der Waals surface area contributed by atoms with Crippen molar-refractivity contribution in [3.05, 3.63) is 65.2 Å². The standard InChI is InChI=1S/C22H24N6O/c1-5-28-13-16(12-24-28)11-23-22(29)18-10-20(21-14(2)26-27(4)15(21)3)25-19-9-7-6-8-17(18)19/h6-10,12-13H,5,11H2,1-4H3,(H,23,29). The van der Waals surface area contributed by atoms with Crippen molar-refractivity contribution in [1.82, 2.24) is 29.9 Å². The Hall–Kier alpha value is -3.48. The number of nitrogens with zero attached hydrogens (tertiary/aromatic N) is 5. The van der Waals surface area contributed by atoms with Crippen LogP contribution in [0.2, 0.25) is 0 Å². The molecule has 1 amide bonds. The zero-order valence-corrected chi connectivity index (χ0v) is 17.1. The van der Waals surface area contributed by atoms with E-state index in [-0.39, 0.29) is 5.91 Å². The quantitative estimate of drug-likeness (QED) is 0.568. The summed E-state index contributed by atoms with van der Waals surface area (Å²) in [5, 5.41) is 12.6. The molecule has 4 rings (SSSR count). The molecule has 29 heavy (non-hydrogen) atoms. The second kappa shape index (κ2) is 7.50. The van der Waals surface area contributed by atoms with E-state index < -0.39 is 0 Å². The van der Waals surface area contributed by atoms with Crippen molar-refractivity contribution < 1.29 is 4.79 Å². The Morgan fingerprint density at radius 1 is 1.21 bits per heavy atom. The number of para-hydroxylation sites is 1. The maximum Gasteiger partial charge on any atom is 0.252 e. The minimum atomic E-state index is -0.131. The summed E-state index contributed by atoms with van der Waals surface area (Å²) in [5.41, 5.74) is 6.01. The number of carbonyl (C=O) groups excluding carboxylic acids is 1. The zero-order valence-electron chi connectivity index (χ0n) is 17.1. The van der Waals surface area contributed by atoms with Crippen LogP contribution in [0.1, 0.15) is 34.2 Å². The number of rotatable bonds is 5. The lowest BCUT2D eigenvalue weighted by molar-refractivity contribution is 0.0952. The highest BCUT2D eigenvalue weighted by atomic mass is 16.1. The second-order valence-electron chi connectivity index (χ2n) is 7.13. The molecular formula is C22H24N6O. The number of hydrogen-bond acceptors (Lipinski definition) is 4. The van der Waals surface area contributed by atoms with Crippen LogP contribution in [-0.4, -0.2) is 30.5 Å². The molecule has 4 aromatic rings. The largest absolute Gasteiger partial charge is 0.348 e. The van der Waals surface area contributed by atoms with Crippen molar-refractivity contribution in [2.45, 2.75) is 33.9 Å². The summed E-state index contributed by atoms with van der Waals surface area (Å²) in [4.78, 5) is 17.9. The average molecular weight is 388 g/mol. The Balaban J connectivity index is 1.73. The van der Waals surface area contributed by atoms with Crippen LogP contribution >= 0.6 is 0 Å². The number of aryl methyl sites for hydroxylation is 3. The molecule has 0 aliphatic heterocycles. The van der Waals surface area contributed by atoms with Crippen LogP contribution in [0.3, 0.4) is 0 Å². The van der Waals surface area contributed by atoms with Gasteiger partial charge in [-0.15, -0.1) is 0 Å². The molecule has 0 aliphatic carbocycles. The number of pyridine rings is 1. The van der Waals surface area contributed by atoms with Gasteiger partial charge in [-0.3, -0.25) is 14.2 Å². The number of aromatic nitrogens is 5.